The van der Waals surface area contributed by atoms with Gasteiger partial charge in [-0.15, -0.1) is 0 Å². The van der Waals surface area contributed by atoms with E-state index < -0.39 is 17.7 Å². The SMILES string of the molecule is O=C(NN1C(=O)c2ccccc2C1=O)c1ccc(NC(=O)C2CCCCC2)cc1. The molecule has 1 fully saturated rings. The van der Waals surface area contributed by atoms with Crippen molar-refractivity contribution in [3.05, 3.63) is 65.2 Å². The van der Waals surface area contributed by atoms with Crippen LogP contribution in [0, 0.1) is 5.92 Å². The summed E-state index contributed by atoms with van der Waals surface area (Å²) in [6.07, 6.45) is 5.16. The van der Waals surface area contributed by atoms with Gasteiger partial charge in [-0.3, -0.25) is 24.6 Å². The van der Waals surface area contributed by atoms with E-state index in [9.17, 15) is 19.2 Å². The maximum atomic E-state index is 12.5. The molecule has 0 bridgehead atoms. The molecule has 0 atom stereocenters. The summed E-state index contributed by atoms with van der Waals surface area (Å²) < 4.78 is 0. The number of carbonyl (C=O) groups excluding carboxylic acids is 4. The van der Waals surface area contributed by atoms with E-state index in [4.69, 9.17) is 0 Å². The van der Waals surface area contributed by atoms with E-state index in [2.05, 4.69) is 10.7 Å². The Balaban J connectivity index is 1.39. The van der Waals surface area contributed by atoms with Crippen LogP contribution >= 0.6 is 0 Å². The highest BCUT2D eigenvalue weighted by Crippen LogP contribution is 2.25. The van der Waals surface area contributed by atoms with Crippen molar-refractivity contribution in [3.63, 3.8) is 0 Å². The predicted molar refractivity (Wildman–Crippen MR) is 106 cm³/mol. The number of nitrogens with zero attached hydrogens (tertiary/aromatic N) is 1. The van der Waals surface area contributed by atoms with Gasteiger partial charge in [0.2, 0.25) is 5.91 Å². The Morgan fingerprint density at radius 2 is 1.41 bits per heavy atom. The lowest BCUT2D eigenvalue weighted by atomic mass is 9.88. The zero-order valence-electron chi connectivity index (χ0n) is 15.8. The molecule has 1 saturated carbocycles. The van der Waals surface area contributed by atoms with E-state index in [1.54, 1.807) is 48.5 Å². The summed E-state index contributed by atoms with van der Waals surface area (Å²) in [4.78, 5) is 49.5. The second-order valence-corrected chi connectivity index (χ2v) is 7.33. The van der Waals surface area contributed by atoms with E-state index in [1.807, 2.05) is 0 Å². The van der Waals surface area contributed by atoms with Gasteiger partial charge in [0.05, 0.1) is 11.1 Å². The fraction of sp³-hybridized carbons (Fsp3) is 0.273. The average molecular weight is 391 g/mol. The minimum atomic E-state index is -0.579. The average Bonchev–Trinajstić information content (AvgIpc) is 3.00. The van der Waals surface area contributed by atoms with Crippen molar-refractivity contribution in [1.82, 2.24) is 10.4 Å². The number of hydrazine groups is 1. The van der Waals surface area contributed by atoms with Gasteiger partial charge in [0.1, 0.15) is 0 Å². The Hall–Kier alpha value is -3.48. The van der Waals surface area contributed by atoms with E-state index in [0.717, 1.165) is 30.7 Å². The van der Waals surface area contributed by atoms with Crippen molar-refractivity contribution in [1.29, 1.82) is 0 Å². The number of benzene rings is 2. The van der Waals surface area contributed by atoms with Crippen LogP contribution in [0.4, 0.5) is 5.69 Å². The van der Waals surface area contributed by atoms with Crippen LogP contribution in [0.25, 0.3) is 0 Å². The molecule has 7 heteroatoms. The monoisotopic (exact) mass is 391 g/mol. The second kappa shape index (κ2) is 7.87. The molecule has 0 aromatic heterocycles. The van der Waals surface area contributed by atoms with E-state index in [0.29, 0.717) is 5.69 Å². The molecule has 1 aliphatic heterocycles. The number of rotatable bonds is 4. The van der Waals surface area contributed by atoms with Crippen molar-refractivity contribution in [3.8, 4) is 0 Å². The van der Waals surface area contributed by atoms with Gasteiger partial charge < -0.3 is 5.32 Å². The maximum absolute atomic E-state index is 12.5. The Labute approximate surface area is 168 Å². The molecule has 148 valence electrons. The Morgan fingerprint density at radius 1 is 0.828 bits per heavy atom. The first-order valence-corrected chi connectivity index (χ1v) is 9.74. The molecule has 1 aliphatic carbocycles. The number of amides is 4. The lowest BCUT2D eigenvalue weighted by Crippen LogP contribution is -2.45. The van der Waals surface area contributed by atoms with Crippen LogP contribution in [0.3, 0.4) is 0 Å². The highest BCUT2D eigenvalue weighted by molar-refractivity contribution is 6.22. The number of fused-ring (bicyclic) bond motifs is 1. The number of hydrogen-bond donors (Lipinski definition) is 2. The normalized spacial score (nSPS) is 16.5. The van der Waals surface area contributed by atoms with Gasteiger partial charge >= 0.3 is 0 Å². The quantitative estimate of drug-likeness (QED) is 0.783. The summed E-state index contributed by atoms with van der Waals surface area (Å²) in [6.45, 7) is 0. The molecule has 4 amide bonds. The molecule has 2 aromatic rings. The van der Waals surface area contributed by atoms with Gasteiger partial charge in [-0.25, -0.2) is 0 Å². The van der Waals surface area contributed by atoms with Crippen molar-refractivity contribution < 1.29 is 19.2 Å². The zero-order chi connectivity index (χ0) is 20.4. The third kappa shape index (κ3) is 3.76. The molecule has 0 saturated heterocycles. The molecule has 0 spiro atoms. The fourth-order valence-electron chi connectivity index (χ4n) is 3.77. The van der Waals surface area contributed by atoms with Gasteiger partial charge in [0.25, 0.3) is 17.7 Å². The zero-order valence-corrected chi connectivity index (χ0v) is 15.8. The Kier molecular flexibility index (Phi) is 5.12. The number of hydrogen-bond acceptors (Lipinski definition) is 4. The second-order valence-electron chi connectivity index (χ2n) is 7.33. The predicted octanol–water partition coefficient (Wildman–Crippen LogP) is 3.15. The highest BCUT2D eigenvalue weighted by Gasteiger charge is 2.36. The Morgan fingerprint density at radius 3 is 2.00 bits per heavy atom. The van der Waals surface area contributed by atoms with Crippen molar-refractivity contribution >= 4 is 29.3 Å². The summed E-state index contributed by atoms with van der Waals surface area (Å²) in [5.41, 5.74) is 3.77. The van der Waals surface area contributed by atoms with Gasteiger partial charge in [-0.1, -0.05) is 31.4 Å². The van der Waals surface area contributed by atoms with Crippen LogP contribution in [0.5, 0.6) is 0 Å². The third-order valence-corrected chi connectivity index (χ3v) is 5.40. The standard InChI is InChI=1S/C22H21N3O4/c26-19(14-6-2-1-3-7-14)23-16-12-10-15(11-13-16)20(27)24-25-21(28)17-8-4-5-9-18(17)22(25)29/h4-5,8-14H,1-3,6-7H2,(H,23,26)(H,24,27). The van der Waals surface area contributed by atoms with Gasteiger partial charge in [-0.2, -0.15) is 5.01 Å². The lowest BCUT2D eigenvalue weighted by Gasteiger charge is -2.20. The third-order valence-electron chi connectivity index (χ3n) is 5.40. The summed E-state index contributed by atoms with van der Waals surface area (Å²) >= 11 is 0. The number of carbonyl (C=O) groups is 4. The first-order valence-electron chi connectivity index (χ1n) is 9.74. The first-order chi connectivity index (χ1) is 14.0. The summed E-state index contributed by atoms with van der Waals surface area (Å²) in [5, 5.41) is 3.62. The smallest absolute Gasteiger partial charge is 0.280 e. The van der Waals surface area contributed by atoms with Crippen molar-refractivity contribution in [2.45, 2.75) is 32.1 Å². The van der Waals surface area contributed by atoms with Gasteiger partial charge in [0, 0.05) is 17.2 Å². The molecule has 0 radical (unpaired) electrons. The molecule has 0 unspecified atom stereocenters. The van der Waals surface area contributed by atoms with Gasteiger partial charge in [-0.05, 0) is 49.2 Å². The summed E-state index contributed by atoms with van der Waals surface area (Å²) in [7, 11) is 0. The largest absolute Gasteiger partial charge is 0.326 e. The number of imide groups is 1. The topological polar surface area (TPSA) is 95.6 Å². The molecule has 2 aliphatic rings. The molecule has 29 heavy (non-hydrogen) atoms. The first kappa shape index (κ1) is 18.9. The van der Waals surface area contributed by atoms with Crippen LogP contribution in [0.15, 0.2) is 48.5 Å². The molecular formula is C22H21N3O4. The van der Waals surface area contributed by atoms with E-state index >= 15 is 0 Å². The maximum Gasteiger partial charge on any atom is 0.280 e. The van der Waals surface area contributed by atoms with Crippen LogP contribution in [-0.2, 0) is 4.79 Å². The fourth-order valence-corrected chi connectivity index (χ4v) is 3.77. The van der Waals surface area contributed by atoms with Crippen LogP contribution in [0.2, 0.25) is 0 Å². The summed E-state index contributed by atoms with van der Waals surface area (Å²) in [6, 6.07) is 12.8. The van der Waals surface area contributed by atoms with Crippen molar-refractivity contribution in [2.24, 2.45) is 5.92 Å². The molecule has 2 aromatic carbocycles. The molecule has 4 rings (SSSR count). The van der Waals surface area contributed by atoms with Crippen molar-refractivity contribution in [2.75, 3.05) is 5.32 Å². The van der Waals surface area contributed by atoms with Crippen LogP contribution < -0.4 is 10.7 Å². The summed E-state index contributed by atoms with van der Waals surface area (Å²) in [5.74, 6) is -1.65. The molecule has 1 heterocycles. The van der Waals surface area contributed by atoms with Crippen LogP contribution in [-0.4, -0.2) is 28.6 Å². The Bertz CT molecular complexity index is 943. The minimum Gasteiger partial charge on any atom is -0.326 e. The number of anilines is 1. The molecular weight excluding hydrogens is 370 g/mol. The minimum absolute atomic E-state index is 0.00734. The molecule has 2 N–H and O–H groups in total. The highest BCUT2D eigenvalue weighted by atomic mass is 16.2. The van der Waals surface area contributed by atoms with Crippen LogP contribution in [0.1, 0.15) is 63.2 Å². The molecule has 7 nitrogen and oxygen atoms in total. The lowest BCUT2D eigenvalue weighted by molar-refractivity contribution is -0.120. The van der Waals surface area contributed by atoms with E-state index in [-0.39, 0.29) is 28.5 Å². The van der Waals surface area contributed by atoms with E-state index in [1.165, 1.54) is 6.42 Å². The number of nitrogens with one attached hydrogen (secondary N) is 2. The van der Waals surface area contributed by atoms with Gasteiger partial charge in [0.15, 0.2) is 0 Å².